The summed E-state index contributed by atoms with van der Waals surface area (Å²) in [6, 6.07) is 0. The molecule has 5 heteroatoms. The van der Waals surface area contributed by atoms with Crippen molar-refractivity contribution in [2.24, 2.45) is 16.5 Å². The molecule has 1 rings (SSSR count). The van der Waals surface area contributed by atoms with Crippen molar-refractivity contribution in [1.29, 1.82) is 0 Å². The van der Waals surface area contributed by atoms with E-state index in [2.05, 4.69) is 16.6 Å². The number of aliphatic imine (C=N–C) groups is 1. The molecule has 0 unspecified atom stereocenters. The van der Waals surface area contributed by atoms with Gasteiger partial charge in [-0.1, -0.05) is 6.08 Å². The van der Waals surface area contributed by atoms with Crippen molar-refractivity contribution < 1.29 is 0 Å². The molecule has 0 fully saturated rings. The van der Waals surface area contributed by atoms with Crippen LogP contribution in [0.15, 0.2) is 23.0 Å². The van der Waals surface area contributed by atoms with Gasteiger partial charge in [-0.15, -0.1) is 17.9 Å². The zero-order chi connectivity index (χ0) is 8.97. The second-order valence-corrected chi connectivity index (χ2v) is 3.07. The third-order valence-electron chi connectivity index (χ3n) is 1.10. The normalized spacial score (nSPS) is 9.33. The summed E-state index contributed by atoms with van der Waals surface area (Å²) in [7, 11) is 0. The second-order valence-electron chi connectivity index (χ2n) is 2.13. The highest BCUT2D eigenvalue weighted by atomic mass is 32.1. The Bertz CT molecular complexity index is 298. The summed E-state index contributed by atoms with van der Waals surface area (Å²) in [6.45, 7) is 3.61. The molecule has 0 saturated heterocycles. The Morgan fingerprint density at radius 2 is 2.50 bits per heavy atom. The fourth-order valence-corrected chi connectivity index (χ4v) is 1.41. The molecule has 0 aliphatic heterocycles. The molecule has 0 bridgehead atoms. The molecule has 0 atom stereocenters. The minimum atomic E-state index is 0.0328. The molecular formula is C7H10N4S. The highest BCUT2D eigenvalue weighted by Gasteiger charge is 1.97. The van der Waals surface area contributed by atoms with Gasteiger partial charge in [-0.2, -0.15) is 4.99 Å². The zero-order valence-corrected chi connectivity index (χ0v) is 7.34. The number of nitrogens with zero attached hydrogens (tertiary/aromatic N) is 2. The fraction of sp³-hybridized carbons (Fsp3) is 0.143. The predicted octanol–water partition coefficient (Wildman–Crippen LogP) is 0.777. The third-order valence-corrected chi connectivity index (χ3v) is 1.96. The van der Waals surface area contributed by atoms with Crippen LogP contribution in [0.25, 0.3) is 0 Å². The van der Waals surface area contributed by atoms with E-state index in [0.717, 1.165) is 11.4 Å². The quantitative estimate of drug-likeness (QED) is 0.412. The molecule has 1 aromatic heterocycles. The first-order valence-corrected chi connectivity index (χ1v) is 4.25. The van der Waals surface area contributed by atoms with Gasteiger partial charge >= 0.3 is 0 Å². The molecule has 1 heterocycles. The van der Waals surface area contributed by atoms with Gasteiger partial charge < -0.3 is 11.5 Å². The Morgan fingerprint density at radius 1 is 1.75 bits per heavy atom. The molecule has 0 amide bonds. The topological polar surface area (TPSA) is 77.3 Å². The van der Waals surface area contributed by atoms with E-state index >= 15 is 0 Å². The monoisotopic (exact) mass is 182 g/mol. The van der Waals surface area contributed by atoms with E-state index in [9.17, 15) is 0 Å². The van der Waals surface area contributed by atoms with Crippen LogP contribution in [-0.2, 0) is 6.42 Å². The molecule has 0 aliphatic carbocycles. The minimum Gasteiger partial charge on any atom is -0.370 e. The van der Waals surface area contributed by atoms with E-state index in [1.807, 2.05) is 0 Å². The van der Waals surface area contributed by atoms with Crippen LogP contribution in [0.2, 0.25) is 0 Å². The average molecular weight is 182 g/mol. The number of hydrogen-bond donors (Lipinski definition) is 2. The number of allylic oxidation sites excluding steroid dienone is 1. The smallest absolute Gasteiger partial charge is 0.192 e. The lowest BCUT2D eigenvalue weighted by atomic mass is 10.4. The standard InChI is InChI=1S/C7H10N4S/c1-2-3-6-10-5(4-12-6)11-7(8)9/h2,4H,1,3H2,(H4,8,9,11). The van der Waals surface area contributed by atoms with Crippen LogP contribution in [0.1, 0.15) is 5.01 Å². The first-order valence-electron chi connectivity index (χ1n) is 3.37. The lowest BCUT2D eigenvalue weighted by molar-refractivity contribution is 1.17. The predicted molar refractivity (Wildman–Crippen MR) is 51.5 cm³/mol. The van der Waals surface area contributed by atoms with Gasteiger partial charge in [0.2, 0.25) is 0 Å². The molecule has 4 nitrogen and oxygen atoms in total. The van der Waals surface area contributed by atoms with Crippen molar-refractivity contribution in [1.82, 2.24) is 4.98 Å². The Morgan fingerprint density at radius 3 is 3.08 bits per heavy atom. The maximum atomic E-state index is 5.18. The van der Waals surface area contributed by atoms with Crippen molar-refractivity contribution in [3.63, 3.8) is 0 Å². The van der Waals surface area contributed by atoms with Crippen LogP contribution in [0.4, 0.5) is 5.82 Å². The maximum absolute atomic E-state index is 5.18. The van der Waals surface area contributed by atoms with E-state index in [1.165, 1.54) is 11.3 Å². The molecule has 4 N–H and O–H groups in total. The first kappa shape index (κ1) is 8.73. The van der Waals surface area contributed by atoms with Crippen molar-refractivity contribution in [3.05, 3.63) is 23.0 Å². The van der Waals surface area contributed by atoms with Crippen molar-refractivity contribution in [3.8, 4) is 0 Å². The molecule has 0 saturated carbocycles. The van der Waals surface area contributed by atoms with Gasteiger partial charge in [0.15, 0.2) is 11.8 Å². The molecule has 0 aromatic carbocycles. The summed E-state index contributed by atoms with van der Waals surface area (Å²) in [6.07, 6.45) is 2.54. The van der Waals surface area contributed by atoms with Crippen LogP contribution in [0.5, 0.6) is 0 Å². The van der Waals surface area contributed by atoms with Gasteiger partial charge in [0.25, 0.3) is 0 Å². The first-order chi connectivity index (χ1) is 5.72. The van der Waals surface area contributed by atoms with Gasteiger partial charge in [-0.3, -0.25) is 0 Å². The van der Waals surface area contributed by atoms with Gasteiger partial charge in [0, 0.05) is 11.8 Å². The Hall–Kier alpha value is -1.36. The molecule has 12 heavy (non-hydrogen) atoms. The minimum absolute atomic E-state index is 0.0328. The summed E-state index contributed by atoms with van der Waals surface area (Å²) in [5.74, 6) is 0.599. The van der Waals surface area contributed by atoms with Crippen LogP contribution < -0.4 is 11.5 Å². The average Bonchev–Trinajstić information content (AvgIpc) is 2.36. The highest BCUT2D eigenvalue weighted by molar-refractivity contribution is 7.10. The lowest BCUT2D eigenvalue weighted by Gasteiger charge is -1.86. The molecule has 0 radical (unpaired) electrons. The summed E-state index contributed by atoms with van der Waals surface area (Å²) < 4.78 is 0. The van der Waals surface area contributed by atoms with Gasteiger partial charge in [-0.05, 0) is 0 Å². The number of rotatable bonds is 3. The van der Waals surface area contributed by atoms with Gasteiger partial charge in [-0.25, -0.2) is 4.98 Å². The summed E-state index contributed by atoms with van der Waals surface area (Å²) >= 11 is 1.52. The van der Waals surface area contributed by atoms with E-state index in [1.54, 1.807) is 11.5 Å². The van der Waals surface area contributed by atoms with Crippen LogP contribution in [-0.4, -0.2) is 10.9 Å². The van der Waals surface area contributed by atoms with Crippen LogP contribution in [0.3, 0.4) is 0 Å². The second kappa shape index (κ2) is 3.87. The summed E-state index contributed by atoms with van der Waals surface area (Å²) in [5.41, 5.74) is 10.4. The number of nitrogens with two attached hydrogens (primary N) is 2. The van der Waals surface area contributed by atoms with E-state index in [4.69, 9.17) is 11.5 Å². The number of hydrogen-bond acceptors (Lipinski definition) is 3. The fourth-order valence-electron chi connectivity index (χ4n) is 0.702. The molecule has 0 aliphatic rings. The molecule has 1 aromatic rings. The summed E-state index contributed by atoms with van der Waals surface area (Å²) in [4.78, 5) is 7.94. The number of thiazole rings is 1. The third kappa shape index (κ3) is 2.35. The summed E-state index contributed by atoms with van der Waals surface area (Å²) in [5, 5.41) is 2.77. The van der Waals surface area contributed by atoms with E-state index in [0.29, 0.717) is 5.82 Å². The molecule has 64 valence electrons. The highest BCUT2D eigenvalue weighted by Crippen LogP contribution is 2.16. The van der Waals surface area contributed by atoms with Gasteiger partial charge in [0.05, 0.1) is 5.01 Å². The van der Waals surface area contributed by atoms with E-state index in [-0.39, 0.29) is 5.96 Å². The largest absolute Gasteiger partial charge is 0.370 e. The van der Waals surface area contributed by atoms with Gasteiger partial charge in [0.1, 0.15) is 0 Å². The lowest BCUT2D eigenvalue weighted by Crippen LogP contribution is -2.21. The van der Waals surface area contributed by atoms with Crippen molar-refractivity contribution in [2.45, 2.75) is 6.42 Å². The molecular weight excluding hydrogens is 172 g/mol. The number of guanidine groups is 1. The van der Waals surface area contributed by atoms with Crippen molar-refractivity contribution >= 4 is 23.1 Å². The Labute approximate surface area is 74.6 Å². The van der Waals surface area contributed by atoms with E-state index < -0.39 is 0 Å². The maximum Gasteiger partial charge on any atom is 0.192 e. The number of aromatic nitrogens is 1. The Kier molecular flexibility index (Phi) is 2.82. The van der Waals surface area contributed by atoms with Crippen molar-refractivity contribution in [2.75, 3.05) is 0 Å². The molecule has 0 spiro atoms. The van der Waals surface area contributed by atoms with Crippen LogP contribution in [0, 0.1) is 0 Å². The zero-order valence-electron chi connectivity index (χ0n) is 6.53. The Balaban J connectivity index is 2.77. The van der Waals surface area contributed by atoms with Crippen LogP contribution >= 0.6 is 11.3 Å². The SMILES string of the molecule is C=CCc1nc(N=C(N)N)cs1.